The van der Waals surface area contributed by atoms with Crippen LogP contribution in [-0.4, -0.2) is 5.78 Å². The second kappa shape index (κ2) is 3.70. The summed E-state index contributed by atoms with van der Waals surface area (Å²) >= 11 is 0. The van der Waals surface area contributed by atoms with Gasteiger partial charge in [0.2, 0.25) is 0 Å². The Balaban J connectivity index is 2.41. The van der Waals surface area contributed by atoms with Crippen molar-refractivity contribution in [3.05, 3.63) is 12.7 Å². The van der Waals surface area contributed by atoms with E-state index in [1.165, 1.54) is 18.9 Å². The van der Waals surface area contributed by atoms with Gasteiger partial charge in [-0.3, -0.25) is 4.79 Å². The van der Waals surface area contributed by atoms with Gasteiger partial charge in [-0.25, -0.2) is 0 Å². The molecular weight excluding hydrogens is 136 g/mol. The van der Waals surface area contributed by atoms with Crippen LogP contribution < -0.4 is 0 Å². The Morgan fingerprint density at radius 2 is 2.36 bits per heavy atom. The van der Waals surface area contributed by atoms with Crippen molar-refractivity contribution in [2.75, 3.05) is 0 Å². The Morgan fingerprint density at radius 3 is 2.82 bits per heavy atom. The molecule has 0 heterocycles. The molecule has 11 heavy (non-hydrogen) atoms. The van der Waals surface area contributed by atoms with Gasteiger partial charge in [0.1, 0.15) is 0 Å². The van der Waals surface area contributed by atoms with Gasteiger partial charge in [0.25, 0.3) is 0 Å². The minimum atomic E-state index is 0.251. The van der Waals surface area contributed by atoms with Crippen LogP contribution >= 0.6 is 0 Å². The summed E-state index contributed by atoms with van der Waals surface area (Å²) in [4.78, 5) is 11.2. The Kier molecular flexibility index (Phi) is 2.86. The number of ketones is 1. The predicted molar refractivity (Wildman–Crippen MR) is 46.3 cm³/mol. The number of hydrogen-bond acceptors (Lipinski definition) is 1. The molecule has 1 aliphatic carbocycles. The average molecular weight is 152 g/mol. The second-order valence-corrected chi connectivity index (χ2v) is 3.39. The molecule has 0 radical (unpaired) electrons. The van der Waals surface area contributed by atoms with E-state index in [-0.39, 0.29) is 5.78 Å². The smallest absolute Gasteiger partial charge is 0.158 e. The lowest BCUT2D eigenvalue weighted by Gasteiger charge is -2.04. The summed E-state index contributed by atoms with van der Waals surface area (Å²) in [5.74, 6) is 1.35. The first-order valence-corrected chi connectivity index (χ1v) is 4.44. The van der Waals surface area contributed by atoms with Gasteiger partial charge in [0.05, 0.1) is 0 Å². The molecule has 1 aliphatic rings. The molecule has 2 atom stereocenters. The molecule has 62 valence electrons. The Morgan fingerprint density at radius 1 is 1.64 bits per heavy atom. The molecule has 1 heteroatoms. The van der Waals surface area contributed by atoms with Crippen molar-refractivity contribution in [2.45, 2.75) is 32.6 Å². The zero-order chi connectivity index (χ0) is 8.27. The quantitative estimate of drug-likeness (QED) is 0.568. The maximum absolute atomic E-state index is 11.2. The minimum Gasteiger partial charge on any atom is -0.295 e. The van der Waals surface area contributed by atoms with E-state index < -0.39 is 0 Å². The first kappa shape index (κ1) is 8.51. The van der Waals surface area contributed by atoms with Crippen LogP contribution in [0.2, 0.25) is 0 Å². The SMILES string of the molecule is C=CC(=O)C1CCC(CC)C1. The maximum Gasteiger partial charge on any atom is 0.158 e. The van der Waals surface area contributed by atoms with Gasteiger partial charge in [0, 0.05) is 5.92 Å². The lowest BCUT2D eigenvalue weighted by atomic mass is 9.99. The molecule has 1 fully saturated rings. The van der Waals surface area contributed by atoms with Crippen molar-refractivity contribution in [3.8, 4) is 0 Å². The predicted octanol–water partition coefficient (Wildman–Crippen LogP) is 2.57. The van der Waals surface area contributed by atoms with E-state index in [1.807, 2.05) is 0 Å². The number of allylic oxidation sites excluding steroid dienone is 1. The molecule has 0 saturated heterocycles. The molecule has 1 nitrogen and oxygen atoms in total. The van der Waals surface area contributed by atoms with Crippen molar-refractivity contribution in [1.82, 2.24) is 0 Å². The molecular formula is C10H16O. The third-order valence-electron chi connectivity index (χ3n) is 2.72. The van der Waals surface area contributed by atoms with E-state index in [2.05, 4.69) is 13.5 Å². The Hall–Kier alpha value is -0.590. The molecule has 0 N–H and O–H groups in total. The summed E-state index contributed by atoms with van der Waals surface area (Å²) < 4.78 is 0. The van der Waals surface area contributed by atoms with Crippen LogP contribution in [0.3, 0.4) is 0 Å². The summed E-state index contributed by atoms with van der Waals surface area (Å²) in [6, 6.07) is 0. The topological polar surface area (TPSA) is 17.1 Å². The lowest BCUT2D eigenvalue weighted by Crippen LogP contribution is -2.07. The number of hydrogen-bond donors (Lipinski definition) is 0. The van der Waals surface area contributed by atoms with Crippen LogP contribution in [0.4, 0.5) is 0 Å². The standard InChI is InChI=1S/C10H16O/c1-3-8-5-6-9(7-8)10(11)4-2/h4,8-9H,2-3,5-7H2,1H3. The molecule has 0 spiro atoms. The van der Waals surface area contributed by atoms with Gasteiger partial charge in [-0.1, -0.05) is 19.9 Å². The van der Waals surface area contributed by atoms with E-state index in [9.17, 15) is 4.79 Å². The molecule has 0 aromatic rings. The van der Waals surface area contributed by atoms with Gasteiger partial charge in [0.15, 0.2) is 5.78 Å². The largest absolute Gasteiger partial charge is 0.295 e. The van der Waals surface area contributed by atoms with Gasteiger partial charge in [-0.2, -0.15) is 0 Å². The highest BCUT2D eigenvalue weighted by Crippen LogP contribution is 2.33. The van der Waals surface area contributed by atoms with Gasteiger partial charge in [-0.05, 0) is 31.3 Å². The molecule has 2 unspecified atom stereocenters. The third-order valence-corrected chi connectivity index (χ3v) is 2.72. The summed E-state index contributed by atoms with van der Waals surface area (Å²) in [5, 5.41) is 0. The van der Waals surface area contributed by atoms with Gasteiger partial charge >= 0.3 is 0 Å². The first-order chi connectivity index (χ1) is 5.27. The zero-order valence-corrected chi connectivity index (χ0v) is 7.18. The second-order valence-electron chi connectivity index (χ2n) is 3.39. The summed E-state index contributed by atoms with van der Waals surface area (Å²) in [7, 11) is 0. The zero-order valence-electron chi connectivity index (χ0n) is 7.18. The van der Waals surface area contributed by atoms with Crippen molar-refractivity contribution < 1.29 is 4.79 Å². The summed E-state index contributed by atoms with van der Waals surface area (Å²) in [6.45, 7) is 5.71. The van der Waals surface area contributed by atoms with Gasteiger partial charge in [-0.15, -0.1) is 0 Å². The third kappa shape index (κ3) is 1.92. The molecule has 0 aromatic carbocycles. The molecule has 0 bridgehead atoms. The van der Waals surface area contributed by atoms with Crippen LogP contribution in [0.1, 0.15) is 32.6 Å². The fraction of sp³-hybridized carbons (Fsp3) is 0.700. The average Bonchev–Trinajstić information content (AvgIpc) is 2.50. The van der Waals surface area contributed by atoms with Crippen LogP contribution in [0.5, 0.6) is 0 Å². The Bertz CT molecular complexity index is 160. The number of carbonyl (C=O) groups excluding carboxylic acids is 1. The fourth-order valence-electron chi connectivity index (χ4n) is 1.87. The number of carbonyl (C=O) groups is 1. The van der Waals surface area contributed by atoms with Crippen LogP contribution in [0.25, 0.3) is 0 Å². The van der Waals surface area contributed by atoms with Crippen molar-refractivity contribution >= 4 is 5.78 Å². The number of rotatable bonds is 3. The van der Waals surface area contributed by atoms with Crippen molar-refractivity contribution in [1.29, 1.82) is 0 Å². The molecule has 1 rings (SSSR count). The monoisotopic (exact) mass is 152 g/mol. The van der Waals surface area contributed by atoms with E-state index in [0.717, 1.165) is 18.8 Å². The van der Waals surface area contributed by atoms with E-state index in [1.54, 1.807) is 0 Å². The molecule has 0 aromatic heterocycles. The minimum absolute atomic E-state index is 0.251. The van der Waals surface area contributed by atoms with E-state index >= 15 is 0 Å². The molecule has 0 aliphatic heterocycles. The highest BCUT2D eigenvalue weighted by atomic mass is 16.1. The first-order valence-electron chi connectivity index (χ1n) is 4.44. The summed E-state index contributed by atoms with van der Waals surface area (Å²) in [5.41, 5.74) is 0. The highest BCUT2D eigenvalue weighted by Gasteiger charge is 2.26. The van der Waals surface area contributed by atoms with E-state index in [4.69, 9.17) is 0 Å². The summed E-state index contributed by atoms with van der Waals surface area (Å²) in [6.07, 6.45) is 6.12. The highest BCUT2D eigenvalue weighted by molar-refractivity contribution is 5.91. The van der Waals surface area contributed by atoms with Crippen LogP contribution in [0, 0.1) is 11.8 Å². The maximum atomic E-state index is 11.2. The Labute approximate surface area is 68.5 Å². The van der Waals surface area contributed by atoms with Gasteiger partial charge < -0.3 is 0 Å². The normalized spacial score (nSPS) is 30.3. The van der Waals surface area contributed by atoms with Crippen molar-refractivity contribution in [2.24, 2.45) is 11.8 Å². The fourth-order valence-corrected chi connectivity index (χ4v) is 1.87. The molecule has 1 saturated carbocycles. The van der Waals surface area contributed by atoms with Crippen LogP contribution in [-0.2, 0) is 4.79 Å². The van der Waals surface area contributed by atoms with E-state index in [0.29, 0.717) is 5.92 Å². The molecule has 0 amide bonds. The van der Waals surface area contributed by atoms with Crippen molar-refractivity contribution in [3.63, 3.8) is 0 Å². The van der Waals surface area contributed by atoms with Crippen LogP contribution in [0.15, 0.2) is 12.7 Å². The lowest BCUT2D eigenvalue weighted by molar-refractivity contribution is -0.118.